The second-order valence-corrected chi connectivity index (χ2v) is 5.46. The predicted molar refractivity (Wildman–Crippen MR) is 75.2 cm³/mol. The molecule has 2 rings (SSSR count). The third-order valence-corrected chi connectivity index (χ3v) is 4.41. The van der Waals surface area contributed by atoms with Crippen LogP contribution in [-0.2, 0) is 0 Å². The molecule has 0 radical (unpaired) electrons. The van der Waals surface area contributed by atoms with Crippen molar-refractivity contribution in [1.29, 1.82) is 0 Å². The van der Waals surface area contributed by atoms with Gasteiger partial charge in [-0.3, -0.25) is 0 Å². The topological polar surface area (TPSA) is 63.8 Å². The highest BCUT2D eigenvalue weighted by Gasteiger charge is 2.12. The van der Waals surface area contributed by atoms with Gasteiger partial charge in [-0.25, -0.2) is 9.97 Å². The van der Waals surface area contributed by atoms with Gasteiger partial charge in [0.25, 0.3) is 0 Å². The Hall–Kier alpha value is -1.14. The molecule has 6 heteroatoms. The van der Waals surface area contributed by atoms with Crippen molar-refractivity contribution in [2.75, 3.05) is 11.1 Å². The summed E-state index contributed by atoms with van der Waals surface area (Å²) in [6.07, 6.45) is 3.46. The molecule has 0 aliphatic carbocycles. The number of nitrogens with two attached hydrogens (primary N) is 1. The van der Waals surface area contributed by atoms with Crippen LogP contribution in [0.1, 0.15) is 23.5 Å². The summed E-state index contributed by atoms with van der Waals surface area (Å²) in [6.45, 7) is 4.01. The first-order chi connectivity index (χ1) is 8.09. The van der Waals surface area contributed by atoms with Crippen LogP contribution in [0.2, 0.25) is 0 Å². The fourth-order valence-corrected chi connectivity index (χ4v) is 2.50. The smallest absolute Gasteiger partial charge is 0.141 e. The van der Waals surface area contributed by atoms with Crippen LogP contribution < -0.4 is 11.1 Å². The van der Waals surface area contributed by atoms with E-state index < -0.39 is 0 Å². The van der Waals surface area contributed by atoms with Crippen LogP contribution >= 0.6 is 27.3 Å². The maximum absolute atomic E-state index is 5.78. The first-order valence-electron chi connectivity index (χ1n) is 5.16. The van der Waals surface area contributed by atoms with Gasteiger partial charge in [-0.05, 0) is 35.3 Å². The summed E-state index contributed by atoms with van der Waals surface area (Å²) in [5.74, 6) is 0.791. The zero-order valence-corrected chi connectivity index (χ0v) is 12.0. The Morgan fingerprint density at radius 1 is 1.47 bits per heavy atom. The molecule has 2 heterocycles. The van der Waals surface area contributed by atoms with Crippen LogP contribution in [-0.4, -0.2) is 9.97 Å². The maximum Gasteiger partial charge on any atom is 0.141 e. The van der Waals surface area contributed by atoms with Crippen molar-refractivity contribution in [3.63, 3.8) is 0 Å². The highest BCUT2D eigenvalue weighted by atomic mass is 79.9. The van der Waals surface area contributed by atoms with Gasteiger partial charge in [-0.15, -0.1) is 11.3 Å². The number of anilines is 2. The summed E-state index contributed by atoms with van der Waals surface area (Å²) in [7, 11) is 0. The molecule has 0 saturated carbocycles. The Kier molecular flexibility index (Phi) is 3.63. The highest BCUT2D eigenvalue weighted by Crippen LogP contribution is 2.30. The Morgan fingerprint density at radius 3 is 2.88 bits per heavy atom. The molecule has 1 atom stereocenters. The Labute approximate surface area is 112 Å². The first-order valence-corrected chi connectivity index (χ1v) is 6.83. The van der Waals surface area contributed by atoms with Crippen LogP contribution in [0, 0.1) is 6.92 Å². The summed E-state index contributed by atoms with van der Waals surface area (Å²) < 4.78 is 0.904. The minimum atomic E-state index is 0.127. The average Bonchev–Trinajstić information content (AvgIpc) is 2.83. The molecule has 0 aliphatic rings. The number of rotatable bonds is 3. The van der Waals surface area contributed by atoms with Gasteiger partial charge in [-0.1, -0.05) is 0 Å². The highest BCUT2D eigenvalue weighted by molar-refractivity contribution is 9.10. The fourth-order valence-electron chi connectivity index (χ4n) is 1.41. The van der Waals surface area contributed by atoms with Crippen molar-refractivity contribution in [2.45, 2.75) is 19.9 Å². The number of nitrogens with zero attached hydrogens (tertiary/aromatic N) is 2. The molecular formula is C11H13BrN4S. The third-order valence-electron chi connectivity index (χ3n) is 2.48. The van der Waals surface area contributed by atoms with Crippen LogP contribution in [0.15, 0.2) is 22.2 Å². The van der Waals surface area contributed by atoms with E-state index in [1.807, 2.05) is 12.3 Å². The summed E-state index contributed by atoms with van der Waals surface area (Å²) in [5, 5.41) is 6.31. The molecule has 0 aromatic carbocycles. The maximum atomic E-state index is 5.78. The fraction of sp³-hybridized carbons (Fsp3) is 0.273. The van der Waals surface area contributed by atoms with Gasteiger partial charge in [0.1, 0.15) is 10.8 Å². The Balaban J connectivity index is 2.22. The lowest BCUT2D eigenvalue weighted by atomic mass is 10.2. The van der Waals surface area contributed by atoms with Gasteiger partial charge >= 0.3 is 0 Å². The van der Waals surface area contributed by atoms with Crippen LogP contribution in [0.3, 0.4) is 0 Å². The summed E-state index contributed by atoms with van der Waals surface area (Å²) in [4.78, 5) is 8.55. The first kappa shape index (κ1) is 12.3. The second kappa shape index (κ2) is 5.01. The van der Waals surface area contributed by atoms with E-state index >= 15 is 0 Å². The van der Waals surface area contributed by atoms with Crippen molar-refractivity contribution < 1.29 is 0 Å². The Morgan fingerprint density at radius 2 is 2.24 bits per heavy atom. The molecule has 0 aliphatic heterocycles. The van der Waals surface area contributed by atoms with Gasteiger partial charge in [0.15, 0.2) is 0 Å². The van der Waals surface area contributed by atoms with E-state index in [1.165, 1.54) is 0 Å². The van der Waals surface area contributed by atoms with E-state index in [0.29, 0.717) is 5.69 Å². The van der Waals surface area contributed by atoms with E-state index in [-0.39, 0.29) is 6.04 Å². The summed E-state index contributed by atoms with van der Waals surface area (Å²) in [5.41, 5.74) is 7.46. The minimum absolute atomic E-state index is 0.127. The van der Waals surface area contributed by atoms with Crippen LogP contribution in [0.5, 0.6) is 0 Å². The van der Waals surface area contributed by atoms with Crippen molar-refractivity contribution in [3.05, 3.63) is 32.8 Å². The van der Waals surface area contributed by atoms with Crippen molar-refractivity contribution >= 4 is 38.8 Å². The zero-order valence-electron chi connectivity index (χ0n) is 9.57. The van der Waals surface area contributed by atoms with Crippen LogP contribution in [0.25, 0.3) is 0 Å². The molecule has 2 aromatic rings. The molecule has 0 fully saturated rings. The molecule has 3 N–H and O–H groups in total. The van der Waals surface area contributed by atoms with E-state index in [2.05, 4.69) is 38.1 Å². The molecule has 2 aromatic heterocycles. The number of aromatic nitrogens is 2. The lowest BCUT2D eigenvalue weighted by molar-refractivity contribution is 0.859. The van der Waals surface area contributed by atoms with Gasteiger partial charge in [0.2, 0.25) is 0 Å². The van der Waals surface area contributed by atoms with Gasteiger partial charge in [0.05, 0.1) is 22.4 Å². The number of nitrogens with one attached hydrogen (secondary N) is 1. The number of halogens is 1. The number of nitrogen functional groups attached to an aromatic ring is 1. The molecule has 17 heavy (non-hydrogen) atoms. The predicted octanol–water partition coefficient (Wildman–Crippen LogP) is 3.36. The van der Waals surface area contributed by atoms with Crippen molar-refractivity contribution in [1.82, 2.24) is 9.97 Å². The monoisotopic (exact) mass is 312 g/mol. The van der Waals surface area contributed by atoms with E-state index in [1.54, 1.807) is 23.7 Å². The zero-order chi connectivity index (χ0) is 12.4. The molecule has 1 unspecified atom stereocenters. The SMILES string of the molecule is Cc1c(N)cnc(NC(C)c2nccs2)c1Br. The van der Waals surface area contributed by atoms with E-state index in [9.17, 15) is 0 Å². The molecule has 4 nitrogen and oxygen atoms in total. The number of thiazole rings is 1. The molecule has 0 saturated heterocycles. The number of pyridine rings is 1. The van der Waals surface area contributed by atoms with Gasteiger partial charge < -0.3 is 11.1 Å². The van der Waals surface area contributed by atoms with E-state index in [4.69, 9.17) is 5.73 Å². The second-order valence-electron chi connectivity index (χ2n) is 3.74. The minimum Gasteiger partial charge on any atom is -0.397 e. The molecule has 0 amide bonds. The van der Waals surface area contributed by atoms with E-state index in [0.717, 1.165) is 20.9 Å². The largest absolute Gasteiger partial charge is 0.397 e. The third kappa shape index (κ3) is 2.58. The number of hydrogen-bond donors (Lipinski definition) is 2. The standard InChI is InChI=1S/C11H13BrN4S/c1-6-8(13)5-15-10(9(6)12)16-7(2)11-14-3-4-17-11/h3-5,7H,13H2,1-2H3,(H,15,16). The molecular weight excluding hydrogens is 300 g/mol. The van der Waals surface area contributed by atoms with Gasteiger partial charge in [0, 0.05) is 11.6 Å². The molecule has 0 bridgehead atoms. The summed E-state index contributed by atoms with van der Waals surface area (Å²) >= 11 is 5.12. The van der Waals surface area contributed by atoms with Gasteiger partial charge in [-0.2, -0.15) is 0 Å². The lowest BCUT2D eigenvalue weighted by Gasteiger charge is -2.15. The lowest BCUT2D eigenvalue weighted by Crippen LogP contribution is -2.09. The molecule has 90 valence electrons. The van der Waals surface area contributed by atoms with Crippen molar-refractivity contribution in [2.24, 2.45) is 0 Å². The number of hydrogen-bond acceptors (Lipinski definition) is 5. The quantitative estimate of drug-likeness (QED) is 0.912. The van der Waals surface area contributed by atoms with Crippen molar-refractivity contribution in [3.8, 4) is 0 Å². The molecule has 0 spiro atoms. The average molecular weight is 313 g/mol. The normalized spacial score (nSPS) is 12.4. The van der Waals surface area contributed by atoms with Crippen LogP contribution in [0.4, 0.5) is 11.5 Å². The Bertz CT molecular complexity index is 512. The summed E-state index contributed by atoms with van der Waals surface area (Å²) in [6, 6.07) is 0.127.